The lowest BCUT2D eigenvalue weighted by Crippen LogP contribution is -2.45. The number of hydrogen-bond donors (Lipinski definition) is 3. The fourth-order valence-corrected chi connectivity index (χ4v) is 2.88. The summed E-state index contributed by atoms with van der Waals surface area (Å²) in [4.78, 5) is 48.0. The molecular formula is C19H26ClN3O5S. The van der Waals surface area contributed by atoms with Crippen LogP contribution in [0.5, 0.6) is 0 Å². The van der Waals surface area contributed by atoms with Crippen molar-refractivity contribution in [3.05, 3.63) is 34.9 Å². The average molecular weight is 444 g/mol. The van der Waals surface area contributed by atoms with Crippen LogP contribution in [0, 0.1) is 0 Å². The van der Waals surface area contributed by atoms with Crippen LogP contribution in [-0.2, 0) is 14.3 Å². The van der Waals surface area contributed by atoms with Gasteiger partial charge in [-0.1, -0.05) is 37.1 Å². The minimum atomic E-state index is -0.947. The van der Waals surface area contributed by atoms with Crippen LogP contribution in [-0.4, -0.2) is 55.0 Å². The van der Waals surface area contributed by atoms with Gasteiger partial charge >= 0.3 is 12.0 Å². The van der Waals surface area contributed by atoms with Gasteiger partial charge in [0.25, 0.3) is 11.8 Å². The summed E-state index contributed by atoms with van der Waals surface area (Å²) >= 11 is 7.51. The molecule has 0 aliphatic carbocycles. The number of carbonyl (C=O) groups is 4. The number of esters is 1. The van der Waals surface area contributed by atoms with Crippen LogP contribution in [0.2, 0.25) is 5.02 Å². The number of halogens is 1. The van der Waals surface area contributed by atoms with Gasteiger partial charge in [0.15, 0.2) is 6.61 Å². The molecule has 0 fully saturated rings. The van der Waals surface area contributed by atoms with E-state index in [0.717, 1.165) is 12.8 Å². The lowest BCUT2D eigenvalue weighted by atomic mass is 10.1. The SMILES string of the molecule is CCCCNC(=O)NC(=O)COC(=O)C(CCSC)NC(=O)c1ccccc1Cl. The molecule has 3 N–H and O–H groups in total. The number of benzene rings is 1. The van der Waals surface area contributed by atoms with Gasteiger partial charge in [-0.3, -0.25) is 14.9 Å². The molecule has 29 heavy (non-hydrogen) atoms. The number of ether oxygens (including phenoxy) is 1. The summed E-state index contributed by atoms with van der Waals surface area (Å²) in [6.07, 6.45) is 3.88. The van der Waals surface area contributed by atoms with Crippen LogP contribution in [0.25, 0.3) is 0 Å². The smallest absolute Gasteiger partial charge is 0.329 e. The molecular weight excluding hydrogens is 418 g/mol. The van der Waals surface area contributed by atoms with E-state index < -0.39 is 36.5 Å². The number of hydrogen-bond acceptors (Lipinski definition) is 6. The van der Waals surface area contributed by atoms with Crippen molar-refractivity contribution in [1.29, 1.82) is 0 Å². The number of carbonyl (C=O) groups excluding carboxylic acids is 4. The monoisotopic (exact) mass is 443 g/mol. The first-order chi connectivity index (χ1) is 13.9. The first-order valence-electron chi connectivity index (χ1n) is 9.17. The molecule has 0 aliphatic heterocycles. The fraction of sp³-hybridized carbons (Fsp3) is 0.474. The maximum atomic E-state index is 12.4. The summed E-state index contributed by atoms with van der Waals surface area (Å²) < 4.78 is 4.97. The van der Waals surface area contributed by atoms with Crippen molar-refractivity contribution in [3.8, 4) is 0 Å². The molecule has 0 aliphatic rings. The van der Waals surface area contributed by atoms with E-state index in [0.29, 0.717) is 18.7 Å². The summed E-state index contributed by atoms with van der Waals surface area (Å²) in [7, 11) is 0. The minimum absolute atomic E-state index is 0.234. The number of amides is 4. The topological polar surface area (TPSA) is 114 Å². The van der Waals surface area contributed by atoms with Crippen LogP contribution < -0.4 is 16.0 Å². The van der Waals surface area contributed by atoms with Crippen molar-refractivity contribution in [2.75, 3.05) is 25.2 Å². The number of imide groups is 1. The third-order valence-electron chi connectivity index (χ3n) is 3.73. The number of nitrogens with one attached hydrogen (secondary N) is 3. The van der Waals surface area contributed by atoms with Gasteiger partial charge in [0.1, 0.15) is 6.04 Å². The van der Waals surface area contributed by atoms with Gasteiger partial charge < -0.3 is 15.4 Å². The third-order valence-corrected chi connectivity index (χ3v) is 4.71. The predicted octanol–water partition coefficient (Wildman–Crippen LogP) is 2.36. The summed E-state index contributed by atoms with van der Waals surface area (Å²) in [6, 6.07) is 4.87. The highest BCUT2D eigenvalue weighted by Gasteiger charge is 2.24. The van der Waals surface area contributed by atoms with Gasteiger partial charge in [0.2, 0.25) is 0 Å². The lowest BCUT2D eigenvalue weighted by Gasteiger charge is -2.17. The highest BCUT2D eigenvalue weighted by molar-refractivity contribution is 7.98. The molecule has 1 rings (SSSR count). The van der Waals surface area contributed by atoms with Crippen LogP contribution in [0.15, 0.2) is 24.3 Å². The molecule has 4 amide bonds. The standard InChI is InChI=1S/C19H26ClN3O5S/c1-3-4-10-21-19(27)23-16(24)12-28-18(26)15(9-11-29-2)22-17(25)13-7-5-6-8-14(13)20/h5-8,15H,3-4,9-12H2,1-2H3,(H,22,25)(H2,21,23,24,27). The zero-order valence-corrected chi connectivity index (χ0v) is 18.0. The highest BCUT2D eigenvalue weighted by Crippen LogP contribution is 2.15. The van der Waals surface area contributed by atoms with E-state index in [9.17, 15) is 19.2 Å². The van der Waals surface area contributed by atoms with E-state index in [1.165, 1.54) is 11.8 Å². The maximum Gasteiger partial charge on any atom is 0.329 e. The van der Waals surface area contributed by atoms with Crippen molar-refractivity contribution in [2.45, 2.75) is 32.2 Å². The molecule has 1 aromatic carbocycles. The Balaban J connectivity index is 2.58. The normalized spacial score (nSPS) is 11.3. The van der Waals surface area contributed by atoms with Crippen LogP contribution >= 0.6 is 23.4 Å². The van der Waals surface area contributed by atoms with Crippen LogP contribution in [0.1, 0.15) is 36.5 Å². The third kappa shape index (κ3) is 9.67. The molecule has 0 radical (unpaired) electrons. The first-order valence-corrected chi connectivity index (χ1v) is 10.9. The molecule has 10 heteroatoms. The van der Waals surface area contributed by atoms with Gasteiger partial charge in [-0.15, -0.1) is 0 Å². The Labute approximate surface area is 179 Å². The van der Waals surface area contributed by atoms with Crippen molar-refractivity contribution >= 4 is 47.2 Å². The molecule has 1 atom stereocenters. The van der Waals surface area contributed by atoms with Gasteiger partial charge in [-0.25, -0.2) is 9.59 Å². The van der Waals surface area contributed by atoms with Crippen molar-refractivity contribution in [2.24, 2.45) is 0 Å². The Morgan fingerprint density at radius 3 is 2.59 bits per heavy atom. The second-order valence-corrected chi connectivity index (χ2v) is 7.45. The molecule has 0 heterocycles. The highest BCUT2D eigenvalue weighted by atomic mass is 35.5. The Kier molecular flexibility index (Phi) is 11.8. The van der Waals surface area contributed by atoms with E-state index in [2.05, 4.69) is 16.0 Å². The first kappa shape index (κ1) is 24.8. The molecule has 1 unspecified atom stereocenters. The van der Waals surface area contributed by atoms with Gasteiger partial charge in [-0.05, 0) is 37.0 Å². The van der Waals surface area contributed by atoms with E-state index in [4.69, 9.17) is 16.3 Å². The summed E-state index contributed by atoms with van der Waals surface area (Å²) in [5.41, 5.74) is 0.234. The molecule has 0 aromatic heterocycles. The van der Waals surface area contributed by atoms with Gasteiger partial charge in [-0.2, -0.15) is 11.8 Å². The second-order valence-electron chi connectivity index (χ2n) is 6.05. The average Bonchev–Trinajstić information content (AvgIpc) is 2.69. The molecule has 0 spiro atoms. The lowest BCUT2D eigenvalue weighted by molar-refractivity contribution is -0.150. The number of unbranched alkanes of at least 4 members (excludes halogenated alkanes) is 1. The second kappa shape index (κ2) is 13.8. The van der Waals surface area contributed by atoms with E-state index in [-0.39, 0.29) is 10.6 Å². The number of urea groups is 1. The van der Waals surface area contributed by atoms with Crippen LogP contribution in [0.3, 0.4) is 0 Å². The van der Waals surface area contributed by atoms with Gasteiger partial charge in [0.05, 0.1) is 10.6 Å². The largest absolute Gasteiger partial charge is 0.454 e. The minimum Gasteiger partial charge on any atom is -0.454 e. The maximum absolute atomic E-state index is 12.4. The van der Waals surface area contributed by atoms with Crippen molar-refractivity contribution in [1.82, 2.24) is 16.0 Å². The zero-order chi connectivity index (χ0) is 21.6. The number of thioether (sulfide) groups is 1. The Morgan fingerprint density at radius 1 is 1.21 bits per heavy atom. The summed E-state index contributed by atoms with van der Waals surface area (Å²) in [5.74, 6) is -1.44. The quantitative estimate of drug-likeness (QED) is 0.357. The number of rotatable bonds is 11. The van der Waals surface area contributed by atoms with E-state index in [1.807, 2.05) is 13.2 Å². The Bertz CT molecular complexity index is 717. The Morgan fingerprint density at radius 2 is 1.93 bits per heavy atom. The molecule has 0 bridgehead atoms. The van der Waals surface area contributed by atoms with Crippen molar-refractivity contribution < 1.29 is 23.9 Å². The van der Waals surface area contributed by atoms with E-state index >= 15 is 0 Å². The molecule has 8 nitrogen and oxygen atoms in total. The summed E-state index contributed by atoms with van der Waals surface area (Å²) in [6.45, 7) is 1.79. The summed E-state index contributed by atoms with van der Waals surface area (Å²) in [5, 5.41) is 7.44. The molecule has 160 valence electrons. The predicted molar refractivity (Wildman–Crippen MR) is 113 cm³/mol. The zero-order valence-electron chi connectivity index (χ0n) is 16.5. The molecule has 1 aromatic rings. The Hall–Kier alpha value is -2.26. The van der Waals surface area contributed by atoms with Gasteiger partial charge in [0, 0.05) is 6.54 Å². The molecule has 0 saturated carbocycles. The van der Waals surface area contributed by atoms with Crippen molar-refractivity contribution in [3.63, 3.8) is 0 Å². The van der Waals surface area contributed by atoms with Crippen LogP contribution in [0.4, 0.5) is 4.79 Å². The van der Waals surface area contributed by atoms with E-state index in [1.54, 1.807) is 24.3 Å². The fourth-order valence-electron chi connectivity index (χ4n) is 2.19. The molecule has 0 saturated heterocycles.